The van der Waals surface area contributed by atoms with Crippen molar-refractivity contribution >= 4 is 5.69 Å². The van der Waals surface area contributed by atoms with Gasteiger partial charge in [0, 0.05) is 62.5 Å². The third kappa shape index (κ3) is 3.59. The summed E-state index contributed by atoms with van der Waals surface area (Å²) in [5.41, 5.74) is 3.76. The molecule has 4 rings (SSSR count). The van der Waals surface area contributed by atoms with E-state index in [4.69, 9.17) is 0 Å². The molecule has 2 saturated heterocycles. The maximum Gasteiger partial charge on any atom is 0.0366 e. The highest BCUT2D eigenvalue weighted by Gasteiger charge is 2.52. The van der Waals surface area contributed by atoms with Gasteiger partial charge in [-0.25, -0.2) is 0 Å². The van der Waals surface area contributed by atoms with E-state index in [-0.39, 0.29) is 0 Å². The van der Waals surface area contributed by atoms with E-state index in [1.165, 1.54) is 69.9 Å². The summed E-state index contributed by atoms with van der Waals surface area (Å²) in [6.07, 6.45) is 2.91. The van der Waals surface area contributed by atoms with Gasteiger partial charge in [-0.2, -0.15) is 0 Å². The predicted octanol–water partition coefficient (Wildman–Crippen LogP) is 3.63. The van der Waals surface area contributed by atoms with E-state index in [9.17, 15) is 0 Å². The van der Waals surface area contributed by atoms with Crippen molar-refractivity contribution in [2.75, 3.05) is 50.7 Å². The van der Waals surface area contributed by atoms with E-state index < -0.39 is 0 Å². The molecule has 138 valence electrons. The quantitative estimate of drug-likeness (QED) is 0.831. The maximum absolute atomic E-state index is 2.72. The fourth-order valence-electron chi connectivity index (χ4n) is 5.22. The van der Waals surface area contributed by atoms with E-state index >= 15 is 0 Å². The second-order valence-corrected chi connectivity index (χ2v) is 9.92. The SMILES string of the molecule is Cc1ccc(N2CC3(CC(CN4CCN(C(C)(C)C)CC4)C3)C2)cc1. The summed E-state index contributed by atoms with van der Waals surface area (Å²) in [6.45, 7) is 18.1. The Morgan fingerprint density at radius 1 is 0.960 bits per heavy atom. The van der Waals surface area contributed by atoms with Crippen LogP contribution in [0.25, 0.3) is 0 Å². The van der Waals surface area contributed by atoms with E-state index in [1.807, 2.05) is 0 Å². The third-order valence-electron chi connectivity index (χ3n) is 6.73. The van der Waals surface area contributed by atoms with Crippen molar-refractivity contribution in [1.29, 1.82) is 0 Å². The van der Waals surface area contributed by atoms with Crippen molar-refractivity contribution in [3.05, 3.63) is 29.8 Å². The topological polar surface area (TPSA) is 9.72 Å². The fraction of sp³-hybridized carbons (Fsp3) is 0.727. The zero-order valence-corrected chi connectivity index (χ0v) is 16.6. The first-order valence-corrected chi connectivity index (χ1v) is 10.1. The van der Waals surface area contributed by atoms with Gasteiger partial charge in [0.05, 0.1) is 0 Å². The summed E-state index contributed by atoms with van der Waals surface area (Å²) in [5.74, 6) is 0.946. The van der Waals surface area contributed by atoms with Crippen LogP contribution >= 0.6 is 0 Å². The number of hydrogen-bond donors (Lipinski definition) is 0. The standard InChI is InChI=1S/C22H35N3/c1-18-5-7-20(8-6-18)24-16-22(17-24)13-19(14-22)15-23-9-11-25(12-10-23)21(2,3)4/h5-8,19H,9-17H2,1-4H3. The predicted molar refractivity (Wildman–Crippen MR) is 106 cm³/mol. The summed E-state index contributed by atoms with van der Waals surface area (Å²) in [4.78, 5) is 7.92. The Kier molecular flexibility index (Phi) is 4.36. The lowest BCUT2D eigenvalue weighted by atomic mass is 9.57. The Morgan fingerprint density at radius 2 is 1.56 bits per heavy atom. The Morgan fingerprint density at radius 3 is 2.12 bits per heavy atom. The lowest BCUT2D eigenvalue weighted by Gasteiger charge is -2.60. The largest absolute Gasteiger partial charge is 0.370 e. The molecule has 0 aromatic heterocycles. The average Bonchev–Trinajstić information content (AvgIpc) is 2.49. The molecule has 1 aromatic carbocycles. The molecule has 2 aliphatic heterocycles. The molecule has 3 aliphatic rings. The van der Waals surface area contributed by atoms with Gasteiger partial charge >= 0.3 is 0 Å². The van der Waals surface area contributed by atoms with Gasteiger partial charge in [0.25, 0.3) is 0 Å². The van der Waals surface area contributed by atoms with Crippen molar-refractivity contribution in [1.82, 2.24) is 9.80 Å². The van der Waals surface area contributed by atoms with Crippen LogP contribution < -0.4 is 4.90 Å². The van der Waals surface area contributed by atoms with Crippen molar-refractivity contribution in [3.8, 4) is 0 Å². The molecule has 0 N–H and O–H groups in total. The summed E-state index contributed by atoms with van der Waals surface area (Å²) < 4.78 is 0. The van der Waals surface area contributed by atoms with Crippen molar-refractivity contribution in [3.63, 3.8) is 0 Å². The highest BCUT2D eigenvalue weighted by Crippen LogP contribution is 2.53. The third-order valence-corrected chi connectivity index (χ3v) is 6.73. The number of anilines is 1. The van der Waals surface area contributed by atoms with Gasteiger partial charge < -0.3 is 9.80 Å². The molecule has 1 aliphatic carbocycles. The molecule has 3 fully saturated rings. The molecule has 3 heteroatoms. The van der Waals surface area contributed by atoms with E-state index in [1.54, 1.807) is 0 Å². The van der Waals surface area contributed by atoms with Crippen LogP contribution in [0.4, 0.5) is 5.69 Å². The number of nitrogens with zero attached hydrogens (tertiary/aromatic N) is 3. The van der Waals surface area contributed by atoms with Gasteiger partial charge in [-0.1, -0.05) is 17.7 Å². The molecule has 0 atom stereocenters. The van der Waals surface area contributed by atoms with Gasteiger partial charge in [-0.3, -0.25) is 4.90 Å². The molecule has 2 heterocycles. The minimum atomic E-state index is 0.331. The molecule has 0 bridgehead atoms. The minimum Gasteiger partial charge on any atom is -0.370 e. The van der Waals surface area contributed by atoms with E-state index in [0.29, 0.717) is 11.0 Å². The van der Waals surface area contributed by atoms with Crippen LogP contribution in [0.2, 0.25) is 0 Å². The molecule has 25 heavy (non-hydrogen) atoms. The van der Waals surface area contributed by atoms with Gasteiger partial charge in [0.15, 0.2) is 0 Å². The lowest BCUT2D eigenvalue weighted by Crippen LogP contribution is -2.64. The van der Waals surface area contributed by atoms with Gasteiger partial charge in [0.2, 0.25) is 0 Å². The summed E-state index contributed by atoms with van der Waals surface area (Å²) in [7, 11) is 0. The number of rotatable bonds is 3. The van der Waals surface area contributed by atoms with Crippen LogP contribution in [0.3, 0.4) is 0 Å². The van der Waals surface area contributed by atoms with E-state index in [0.717, 1.165) is 5.92 Å². The minimum absolute atomic E-state index is 0.331. The van der Waals surface area contributed by atoms with Gasteiger partial charge in [0.1, 0.15) is 0 Å². The fourth-order valence-corrected chi connectivity index (χ4v) is 5.22. The molecule has 0 radical (unpaired) electrons. The molecular formula is C22H35N3. The first-order chi connectivity index (χ1) is 11.8. The van der Waals surface area contributed by atoms with Crippen molar-refractivity contribution in [2.24, 2.45) is 11.3 Å². The summed E-state index contributed by atoms with van der Waals surface area (Å²) in [6, 6.07) is 9.04. The van der Waals surface area contributed by atoms with Gasteiger partial charge in [-0.05, 0) is 58.6 Å². The van der Waals surface area contributed by atoms with Crippen LogP contribution in [0.15, 0.2) is 24.3 Å². The summed E-state index contributed by atoms with van der Waals surface area (Å²) in [5, 5.41) is 0. The van der Waals surface area contributed by atoms with Crippen LogP contribution in [0.5, 0.6) is 0 Å². The second-order valence-electron chi connectivity index (χ2n) is 9.92. The Bertz CT molecular complexity index is 579. The number of benzene rings is 1. The molecule has 1 aromatic rings. The Balaban J connectivity index is 1.19. The first-order valence-electron chi connectivity index (χ1n) is 10.1. The average molecular weight is 342 g/mol. The summed E-state index contributed by atoms with van der Waals surface area (Å²) >= 11 is 0. The number of aryl methyl sites for hydroxylation is 1. The second kappa shape index (κ2) is 6.28. The van der Waals surface area contributed by atoms with Crippen LogP contribution in [0, 0.1) is 18.3 Å². The molecular weight excluding hydrogens is 306 g/mol. The van der Waals surface area contributed by atoms with E-state index in [2.05, 4.69) is 66.7 Å². The Hall–Kier alpha value is -1.06. The molecule has 0 unspecified atom stereocenters. The Labute approximate surface area is 154 Å². The first kappa shape index (κ1) is 17.4. The molecule has 1 saturated carbocycles. The highest BCUT2D eigenvalue weighted by atomic mass is 15.3. The smallest absolute Gasteiger partial charge is 0.0366 e. The van der Waals surface area contributed by atoms with Crippen molar-refractivity contribution in [2.45, 2.75) is 46.1 Å². The normalized spacial score (nSPS) is 25.0. The van der Waals surface area contributed by atoms with Crippen LogP contribution in [0.1, 0.15) is 39.2 Å². The molecule has 1 spiro atoms. The zero-order chi connectivity index (χ0) is 17.7. The zero-order valence-electron chi connectivity index (χ0n) is 16.6. The van der Waals surface area contributed by atoms with Crippen LogP contribution in [-0.4, -0.2) is 61.2 Å². The number of hydrogen-bond acceptors (Lipinski definition) is 3. The molecule has 3 nitrogen and oxygen atoms in total. The number of piperazine rings is 1. The van der Waals surface area contributed by atoms with Crippen molar-refractivity contribution < 1.29 is 0 Å². The maximum atomic E-state index is 2.72. The lowest BCUT2D eigenvalue weighted by molar-refractivity contribution is -0.0121. The highest BCUT2D eigenvalue weighted by molar-refractivity contribution is 5.51. The van der Waals surface area contributed by atoms with Gasteiger partial charge in [-0.15, -0.1) is 0 Å². The molecule has 0 amide bonds. The van der Waals surface area contributed by atoms with Crippen LogP contribution in [-0.2, 0) is 0 Å². The monoisotopic (exact) mass is 341 g/mol.